The number of hydrogen-bond acceptors (Lipinski definition) is 4. The van der Waals surface area contributed by atoms with E-state index >= 15 is 0 Å². The van der Waals surface area contributed by atoms with Crippen LogP contribution in [0.1, 0.15) is 27.2 Å². The van der Waals surface area contributed by atoms with E-state index in [0.717, 1.165) is 41.9 Å². The zero-order chi connectivity index (χ0) is 17.4. The number of nitrogens with zero attached hydrogens (tertiary/aromatic N) is 1. The van der Waals surface area contributed by atoms with Crippen molar-refractivity contribution in [1.82, 2.24) is 10.3 Å². The van der Waals surface area contributed by atoms with E-state index in [2.05, 4.69) is 67.7 Å². The first-order valence-electron chi connectivity index (χ1n) is 8.82. The van der Waals surface area contributed by atoms with Crippen molar-refractivity contribution in [1.29, 1.82) is 0 Å². The molecule has 1 aliphatic heterocycles. The molecule has 0 saturated carbocycles. The molecule has 1 saturated heterocycles. The molecule has 1 aromatic carbocycles. The maximum Gasteiger partial charge on any atom is 0.250 e. The van der Waals surface area contributed by atoms with Crippen LogP contribution in [0.25, 0.3) is 10.9 Å². The molecule has 2 N–H and O–H groups in total. The van der Waals surface area contributed by atoms with E-state index < -0.39 is 8.32 Å². The van der Waals surface area contributed by atoms with E-state index in [1.54, 1.807) is 0 Å². The summed E-state index contributed by atoms with van der Waals surface area (Å²) in [6.45, 7) is 13.4. The van der Waals surface area contributed by atoms with Crippen molar-refractivity contribution in [2.75, 3.05) is 18.4 Å². The smallest absolute Gasteiger partial charge is 0.250 e. The molecule has 1 unspecified atom stereocenters. The Kier molecular flexibility index (Phi) is 4.58. The van der Waals surface area contributed by atoms with E-state index in [-0.39, 0.29) is 5.04 Å². The minimum absolute atomic E-state index is 0.167. The average molecular weight is 344 g/mol. The van der Waals surface area contributed by atoms with Crippen LogP contribution in [0.4, 0.5) is 5.69 Å². The average Bonchev–Trinajstić information content (AvgIpc) is 3.01. The number of rotatable bonds is 4. The summed E-state index contributed by atoms with van der Waals surface area (Å²) in [6.07, 6.45) is 3.01. The van der Waals surface area contributed by atoms with Crippen LogP contribution in [0.2, 0.25) is 18.1 Å². The van der Waals surface area contributed by atoms with Crippen LogP contribution in [0, 0.1) is 0 Å². The summed E-state index contributed by atoms with van der Waals surface area (Å²) in [5.74, 6) is 0.910. The first kappa shape index (κ1) is 17.2. The molecule has 0 bridgehead atoms. The molecule has 24 heavy (non-hydrogen) atoms. The highest BCUT2D eigenvalue weighted by atomic mass is 28.4. The molecule has 0 radical (unpaired) electrons. The van der Waals surface area contributed by atoms with Gasteiger partial charge in [-0.3, -0.25) is 4.98 Å². The van der Waals surface area contributed by atoms with Gasteiger partial charge in [0.1, 0.15) is 11.3 Å². The summed E-state index contributed by atoms with van der Waals surface area (Å²) in [5.41, 5.74) is 2.10. The Morgan fingerprint density at radius 1 is 1.25 bits per heavy atom. The zero-order valence-corrected chi connectivity index (χ0v) is 16.4. The number of aromatic nitrogens is 1. The van der Waals surface area contributed by atoms with Gasteiger partial charge in [-0.2, -0.15) is 0 Å². The van der Waals surface area contributed by atoms with E-state index in [1.807, 2.05) is 12.3 Å². The van der Waals surface area contributed by atoms with Crippen molar-refractivity contribution in [2.45, 2.75) is 51.4 Å². The molecule has 3 rings (SSSR count). The van der Waals surface area contributed by atoms with Gasteiger partial charge in [-0.1, -0.05) is 20.8 Å². The molecule has 0 spiro atoms. The highest BCUT2D eigenvalue weighted by Gasteiger charge is 2.39. The SMILES string of the molecule is CC(C)(C)[Si](C)(C)Oc1ccc(NC2CCNC2)c2cccnc12. The van der Waals surface area contributed by atoms with E-state index in [9.17, 15) is 0 Å². The molecular formula is C19H29N3OSi. The van der Waals surface area contributed by atoms with Gasteiger partial charge in [-0.05, 0) is 55.4 Å². The molecular weight excluding hydrogens is 314 g/mol. The van der Waals surface area contributed by atoms with Crippen molar-refractivity contribution in [2.24, 2.45) is 0 Å². The Hall–Kier alpha value is -1.59. The van der Waals surface area contributed by atoms with Crippen molar-refractivity contribution in [3.05, 3.63) is 30.5 Å². The molecule has 130 valence electrons. The first-order chi connectivity index (χ1) is 11.3. The molecule has 1 aliphatic rings. The zero-order valence-electron chi connectivity index (χ0n) is 15.4. The number of nitrogens with one attached hydrogen (secondary N) is 2. The Bertz CT molecular complexity index is 718. The predicted octanol–water partition coefficient (Wildman–Crippen LogP) is 4.39. The summed E-state index contributed by atoms with van der Waals surface area (Å²) in [4.78, 5) is 4.62. The third-order valence-corrected chi connectivity index (χ3v) is 9.67. The van der Waals surface area contributed by atoms with Crippen LogP contribution in [0.5, 0.6) is 5.75 Å². The van der Waals surface area contributed by atoms with Gasteiger partial charge in [0.05, 0.1) is 0 Å². The second-order valence-electron chi connectivity index (χ2n) is 8.21. The van der Waals surface area contributed by atoms with E-state index in [0.29, 0.717) is 6.04 Å². The van der Waals surface area contributed by atoms with Crippen LogP contribution in [0.15, 0.2) is 30.5 Å². The van der Waals surface area contributed by atoms with Crippen LogP contribution in [-0.2, 0) is 0 Å². The highest BCUT2D eigenvalue weighted by molar-refractivity contribution is 6.74. The monoisotopic (exact) mass is 343 g/mol. The second-order valence-corrected chi connectivity index (χ2v) is 12.9. The van der Waals surface area contributed by atoms with Gasteiger partial charge in [0.25, 0.3) is 8.32 Å². The number of benzene rings is 1. The predicted molar refractivity (Wildman–Crippen MR) is 104 cm³/mol. The van der Waals surface area contributed by atoms with Gasteiger partial charge in [-0.25, -0.2) is 0 Å². The third-order valence-electron chi connectivity index (χ3n) is 5.32. The fourth-order valence-corrected chi connectivity index (χ4v) is 3.80. The van der Waals surface area contributed by atoms with Gasteiger partial charge < -0.3 is 15.1 Å². The maximum absolute atomic E-state index is 6.54. The highest BCUT2D eigenvalue weighted by Crippen LogP contribution is 2.40. The molecule has 2 heterocycles. The minimum atomic E-state index is -1.89. The van der Waals surface area contributed by atoms with Crippen molar-refractivity contribution in [3.8, 4) is 5.75 Å². The largest absolute Gasteiger partial charge is 0.542 e. The van der Waals surface area contributed by atoms with Gasteiger partial charge in [-0.15, -0.1) is 0 Å². The summed E-state index contributed by atoms with van der Waals surface area (Å²) in [6, 6.07) is 8.84. The fraction of sp³-hybridized carbons (Fsp3) is 0.526. The number of anilines is 1. The normalized spacial score (nSPS) is 18.8. The van der Waals surface area contributed by atoms with E-state index in [4.69, 9.17) is 4.43 Å². The van der Waals surface area contributed by atoms with E-state index in [1.165, 1.54) is 0 Å². The summed E-state index contributed by atoms with van der Waals surface area (Å²) in [5, 5.41) is 8.37. The van der Waals surface area contributed by atoms with Crippen LogP contribution < -0.4 is 15.1 Å². The lowest BCUT2D eigenvalue weighted by Crippen LogP contribution is -2.43. The quantitative estimate of drug-likeness (QED) is 0.808. The minimum Gasteiger partial charge on any atom is -0.542 e. The lowest BCUT2D eigenvalue weighted by Gasteiger charge is -2.36. The van der Waals surface area contributed by atoms with Crippen LogP contribution in [0.3, 0.4) is 0 Å². The number of pyridine rings is 1. The summed E-state index contributed by atoms with van der Waals surface area (Å²) < 4.78 is 6.54. The summed E-state index contributed by atoms with van der Waals surface area (Å²) in [7, 11) is -1.89. The molecule has 4 nitrogen and oxygen atoms in total. The fourth-order valence-electron chi connectivity index (χ4n) is 2.78. The Morgan fingerprint density at radius 3 is 2.71 bits per heavy atom. The maximum atomic E-state index is 6.54. The number of fused-ring (bicyclic) bond motifs is 1. The lowest BCUT2D eigenvalue weighted by atomic mass is 10.1. The van der Waals surface area contributed by atoms with Gasteiger partial charge in [0, 0.05) is 29.9 Å². The Morgan fingerprint density at radius 2 is 2.04 bits per heavy atom. The Labute approximate surface area is 146 Å². The van der Waals surface area contributed by atoms with Crippen molar-refractivity contribution >= 4 is 24.9 Å². The van der Waals surface area contributed by atoms with Crippen molar-refractivity contribution < 1.29 is 4.43 Å². The number of hydrogen-bond donors (Lipinski definition) is 2. The van der Waals surface area contributed by atoms with Gasteiger partial charge in [0.2, 0.25) is 0 Å². The molecule has 1 atom stereocenters. The second kappa shape index (κ2) is 6.37. The molecule has 0 amide bonds. The molecule has 1 fully saturated rings. The van der Waals surface area contributed by atoms with Crippen molar-refractivity contribution in [3.63, 3.8) is 0 Å². The van der Waals surface area contributed by atoms with Crippen LogP contribution >= 0.6 is 0 Å². The van der Waals surface area contributed by atoms with Crippen LogP contribution in [-0.4, -0.2) is 32.4 Å². The topological polar surface area (TPSA) is 46.2 Å². The molecule has 1 aromatic heterocycles. The molecule has 0 aliphatic carbocycles. The third kappa shape index (κ3) is 3.42. The standard InChI is InChI=1S/C19H29N3OSi/c1-19(2,3)24(4,5)23-17-9-8-16(22-14-10-12-20-13-14)15-7-6-11-21-18(15)17/h6-9,11,14,20,22H,10,12-13H2,1-5H3. The molecule has 2 aromatic rings. The molecule has 5 heteroatoms. The lowest BCUT2D eigenvalue weighted by molar-refractivity contribution is 0.495. The van der Waals surface area contributed by atoms with Gasteiger partial charge in [0.15, 0.2) is 0 Å². The summed E-state index contributed by atoms with van der Waals surface area (Å²) >= 11 is 0. The van der Waals surface area contributed by atoms with Gasteiger partial charge >= 0.3 is 0 Å². The Balaban J connectivity index is 1.96. The first-order valence-corrected chi connectivity index (χ1v) is 11.7.